The van der Waals surface area contributed by atoms with Crippen LogP contribution in [0.1, 0.15) is 24.3 Å². The second kappa shape index (κ2) is 7.24. The zero-order valence-electron chi connectivity index (χ0n) is 14.8. The van der Waals surface area contributed by atoms with Crippen molar-refractivity contribution in [2.24, 2.45) is 5.73 Å². The van der Waals surface area contributed by atoms with E-state index in [0.717, 1.165) is 0 Å². The molecule has 0 aliphatic heterocycles. The van der Waals surface area contributed by atoms with Gasteiger partial charge < -0.3 is 15.6 Å². The number of pyridine rings is 1. The van der Waals surface area contributed by atoms with Crippen LogP contribution in [-0.2, 0) is 6.54 Å². The van der Waals surface area contributed by atoms with Gasteiger partial charge in [-0.1, -0.05) is 16.8 Å². The van der Waals surface area contributed by atoms with Crippen molar-refractivity contribution in [1.82, 2.24) is 20.0 Å². The number of rotatable bonds is 6. The molecule has 3 aromatic rings. The van der Waals surface area contributed by atoms with Gasteiger partial charge in [0, 0.05) is 16.8 Å². The predicted octanol–water partition coefficient (Wildman–Crippen LogP) is 2.66. The lowest BCUT2D eigenvalue weighted by molar-refractivity contribution is 0.0845. The third-order valence-electron chi connectivity index (χ3n) is 3.69. The second-order valence-corrected chi connectivity index (χ2v) is 7.01. The normalized spacial score (nSPS) is 11.4. The predicted molar refractivity (Wildman–Crippen MR) is 99.6 cm³/mol. The third-order valence-corrected chi connectivity index (χ3v) is 3.94. The zero-order valence-corrected chi connectivity index (χ0v) is 15.5. The second-order valence-electron chi connectivity index (χ2n) is 6.57. The van der Waals surface area contributed by atoms with Crippen molar-refractivity contribution in [2.45, 2.75) is 26.0 Å². The molecule has 140 valence electrons. The molecule has 3 N–H and O–H groups in total. The van der Waals surface area contributed by atoms with E-state index < -0.39 is 11.5 Å². The lowest BCUT2D eigenvalue weighted by Gasteiger charge is -2.26. The molecule has 2 heterocycles. The number of aromatic nitrogens is 4. The summed E-state index contributed by atoms with van der Waals surface area (Å²) < 4.78 is 7.62. The average Bonchev–Trinajstić information content (AvgIpc) is 3.04. The maximum atomic E-state index is 11.1. The van der Waals surface area contributed by atoms with Crippen molar-refractivity contribution < 1.29 is 14.6 Å². The summed E-state index contributed by atoms with van der Waals surface area (Å²) in [5.74, 6) is -0.411. The molecule has 1 aromatic carbocycles. The minimum absolute atomic E-state index is 0.191. The fourth-order valence-corrected chi connectivity index (χ4v) is 2.66. The van der Waals surface area contributed by atoms with Crippen LogP contribution in [0.4, 0.5) is 0 Å². The first-order valence-electron chi connectivity index (χ1n) is 8.07. The highest BCUT2D eigenvalue weighted by atomic mass is 35.5. The Balaban J connectivity index is 1.74. The molecule has 0 saturated heterocycles. The van der Waals surface area contributed by atoms with Crippen molar-refractivity contribution in [3.8, 4) is 22.8 Å². The Hall–Kier alpha value is -3.13. The number of nitrogens with zero attached hydrogens (tertiary/aromatic N) is 4. The van der Waals surface area contributed by atoms with Crippen molar-refractivity contribution >= 4 is 17.5 Å². The van der Waals surface area contributed by atoms with Crippen LogP contribution in [-0.4, -0.2) is 36.6 Å². The van der Waals surface area contributed by atoms with Gasteiger partial charge in [0.25, 0.3) is 5.91 Å². The summed E-state index contributed by atoms with van der Waals surface area (Å²) in [6.45, 7) is 4.29. The molecule has 0 aliphatic carbocycles. The highest BCUT2D eigenvalue weighted by molar-refractivity contribution is 6.30. The molecule has 2 aromatic heterocycles. The van der Waals surface area contributed by atoms with E-state index in [2.05, 4.69) is 15.3 Å². The van der Waals surface area contributed by atoms with E-state index in [1.54, 1.807) is 35.1 Å². The van der Waals surface area contributed by atoms with Crippen LogP contribution in [0.2, 0.25) is 5.02 Å². The fraction of sp³-hybridized carbons (Fsp3) is 0.222. The van der Waals surface area contributed by atoms with Gasteiger partial charge in [0.15, 0.2) is 5.69 Å². The number of hydrogen-bond donors (Lipinski definition) is 2. The molecule has 0 spiro atoms. The molecule has 0 aliphatic rings. The largest absolute Gasteiger partial charge is 0.505 e. The summed E-state index contributed by atoms with van der Waals surface area (Å²) in [5.41, 5.74) is 5.39. The highest BCUT2D eigenvalue weighted by Gasteiger charge is 2.22. The van der Waals surface area contributed by atoms with Crippen LogP contribution >= 0.6 is 11.6 Å². The molecule has 0 fully saturated rings. The minimum Gasteiger partial charge on any atom is -0.505 e. The van der Waals surface area contributed by atoms with Gasteiger partial charge in [0.2, 0.25) is 0 Å². The van der Waals surface area contributed by atoms with E-state index in [9.17, 15) is 9.90 Å². The lowest BCUT2D eigenvalue weighted by atomic mass is 10.1. The van der Waals surface area contributed by atoms with Gasteiger partial charge in [0.1, 0.15) is 22.8 Å². The molecule has 0 bridgehead atoms. The van der Waals surface area contributed by atoms with Crippen molar-refractivity contribution in [1.29, 1.82) is 0 Å². The summed E-state index contributed by atoms with van der Waals surface area (Å²) >= 11 is 5.89. The Bertz CT molecular complexity index is 969. The number of amides is 1. The Labute approximate surface area is 160 Å². The number of benzene rings is 1. The summed E-state index contributed by atoms with van der Waals surface area (Å²) in [6, 6.07) is 8.49. The van der Waals surface area contributed by atoms with Crippen LogP contribution in [0, 0.1) is 0 Å². The van der Waals surface area contributed by atoms with Gasteiger partial charge in [-0.2, -0.15) is 0 Å². The maximum absolute atomic E-state index is 11.1. The number of halogens is 1. The van der Waals surface area contributed by atoms with Gasteiger partial charge in [-0.3, -0.25) is 4.79 Å². The summed E-state index contributed by atoms with van der Waals surface area (Å²) in [4.78, 5) is 15.0. The third kappa shape index (κ3) is 4.53. The molecule has 1 amide bonds. The van der Waals surface area contributed by atoms with Gasteiger partial charge in [-0.15, -0.1) is 5.10 Å². The monoisotopic (exact) mass is 387 g/mol. The van der Waals surface area contributed by atoms with Crippen molar-refractivity contribution in [3.63, 3.8) is 0 Å². The van der Waals surface area contributed by atoms with Crippen LogP contribution in [0.15, 0.2) is 42.7 Å². The molecule has 0 saturated carbocycles. The number of nitrogens with two attached hydrogens (primary N) is 1. The first kappa shape index (κ1) is 18.7. The number of ether oxygens (including phenoxy) is 1. The molecule has 27 heavy (non-hydrogen) atoms. The molecular formula is C18H18ClN5O3. The van der Waals surface area contributed by atoms with Crippen molar-refractivity contribution in [3.05, 3.63) is 53.4 Å². The van der Waals surface area contributed by atoms with Crippen LogP contribution < -0.4 is 10.5 Å². The lowest BCUT2D eigenvalue weighted by Crippen LogP contribution is -2.34. The first-order valence-corrected chi connectivity index (χ1v) is 8.45. The molecule has 3 rings (SSSR count). The van der Waals surface area contributed by atoms with E-state index >= 15 is 0 Å². The number of hydrogen-bond acceptors (Lipinski definition) is 6. The summed E-state index contributed by atoms with van der Waals surface area (Å²) in [5, 5.41) is 18.7. The van der Waals surface area contributed by atoms with E-state index in [-0.39, 0.29) is 11.4 Å². The molecular weight excluding hydrogens is 370 g/mol. The number of carbonyl (C=O) groups is 1. The maximum Gasteiger partial charge on any atom is 0.271 e. The van der Waals surface area contributed by atoms with E-state index in [4.69, 9.17) is 22.1 Å². The minimum atomic E-state index is -0.802. The SMILES string of the molecule is CC(C)(Cn1cc(-c2cnc(C(N)=O)c(O)c2)nn1)Oc1ccc(Cl)cc1. The van der Waals surface area contributed by atoms with E-state index in [1.165, 1.54) is 12.3 Å². The molecule has 0 radical (unpaired) electrons. The Kier molecular flexibility index (Phi) is 5.00. The van der Waals surface area contributed by atoms with Crippen LogP contribution in [0.25, 0.3) is 11.3 Å². The van der Waals surface area contributed by atoms with E-state index in [1.807, 2.05) is 13.8 Å². The average molecular weight is 388 g/mol. The number of carbonyl (C=O) groups excluding carboxylic acids is 1. The first-order chi connectivity index (χ1) is 12.7. The zero-order chi connectivity index (χ0) is 19.6. The summed E-state index contributed by atoms with van der Waals surface area (Å²) in [6.07, 6.45) is 3.11. The van der Waals surface area contributed by atoms with Gasteiger partial charge >= 0.3 is 0 Å². The van der Waals surface area contributed by atoms with Gasteiger partial charge in [0.05, 0.1) is 12.7 Å². The molecule has 8 nitrogen and oxygen atoms in total. The molecule has 0 unspecified atom stereocenters. The summed E-state index contributed by atoms with van der Waals surface area (Å²) in [7, 11) is 0. The Morgan fingerprint density at radius 3 is 2.67 bits per heavy atom. The highest BCUT2D eigenvalue weighted by Crippen LogP contribution is 2.24. The van der Waals surface area contributed by atoms with Gasteiger partial charge in [-0.05, 0) is 44.2 Å². The smallest absolute Gasteiger partial charge is 0.271 e. The topological polar surface area (TPSA) is 116 Å². The van der Waals surface area contributed by atoms with Crippen LogP contribution in [0.3, 0.4) is 0 Å². The molecule has 0 atom stereocenters. The van der Waals surface area contributed by atoms with Gasteiger partial charge in [-0.25, -0.2) is 9.67 Å². The van der Waals surface area contributed by atoms with Crippen molar-refractivity contribution in [2.75, 3.05) is 0 Å². The van der Waals surface area contributed by atoms with Crippen LogP contribution in [0.5, 0.6) is 11.5 Å². The fourth-order valence-electron chi connectivity index (χ4n) is 2.54. The van der Waals surface area contributed by atoms with E-state index in [0.29, 0.717) is 28.6 Å². The standard InChI is InChI=1S/C18H18ClN5O3/c1-18(2,27-13-5-3-12(19)4-6-13)10-24-9-14(22-23-24)11-7-15(25)16(17(20)26)21-8-11/h3-9,25H,10H2,1-2H3,(H2,20,26). The Morgan fingerprint density at radius 2 is 2.04 bits per heavy atom. The number of primary amides is 1. The quantitative estimate of drug-likeness (QED) is 0.671. The number of aromatic hydroxyl groups is 1. The Morgan fingerprint density at radius 1 is 1.33 bits per heavy atom. The molecule has 9 heteroatoms.